The summed E-state index contributed by atoms with van der Waals surface area (Å²) in [5, 5.41) is 3.79. The van der Waals surface area contributed by atoms with Crippen molar-refractivity contribution < 1.29 is 14.3 Å². The van der Waals surface area contributed by atoms with Crippen molar-refractivity contribution in [3.05, 3.63) is 50.9 Å². The number of methoxy groups -OCH3 is 2. The van der Waals surface area contributed by atoms with Gasteiger partial charge in [0.05, 0.1) is 19.8 Å². The molecule has 4 rings (SSSR count). The van der Waals surface area contributed by atoms with E-state index in [1.807, 2.05) is 18.4 Å². The van der Waals surface area contributed by atoms with Crippen LogP contribution < -0.4 is 20.3 Å². The first kappa shape index (κ1) is 18.6. The Morgan fingerprint density at radius 1 is 1.14 bits per heavy atom. The summed E-state index contributed by atoms with van der Waals surface area (Å²) in [5.41, 5.74) is 2.52. The predicted molar refractivity (Wildman–Crippen MR) is 108 cm³/mol. The van der Waals surface area contributed by atoms with Crippen LogP contribution in [0.2, 0.25) is 0 Å². The number of anilines is 1. The van der Waals surface area contributed by atoms with Crippen LogP contribution in [0.15, 0.2) is 39.4 Å². The second kappa shape index (κ2) is 7.35. The largest absolute Gasteiger partial charge is 0.493 e. The molecule has 2 heterocycles. The lowest BCUT2D eigenvalue weighted by atomic mass is 9.76. The highest BCUT2D eigenvalue weighted by Crippen LogP contribution is 2.45. The number of benzene rings is 1. The van der Waals surface area contributed by atoms with Crippen LogP contribution in [-0.2, 0) is 4.79 Å². The summed E-state index contributed by atoms with van der Waals surface area (Å²) >= 11 is 1.37. The quantitative estimate of drug-likeness (QED) is 0.603. The molecule has 8 heteroatoms. The number of fused-ring (bicyclic) bond motifs is 1. The fourth-order valence-electron chi connectivity index (χ4n) is 3.90. The average molecular weight is 399 g/mol. The molecule has 0 saturated heterocycles. The van der Waals surface area contributed by atoms with E-state index in [9.17, 15) is 9.59 Å². The number of aromatic nitrogens is 2. The molecule has 0 saturated carbocycles. The van der Waals surface area contributed by atoms with E-state index in [2.05, 4.69) is 15.3 Å². The highest BCUT2D eigenvalue weighted by Gasteiger charge is 2.38. The van der Waals surface area contributed by atoms with Crippen molar-refractivity contribution in [2.45, 2.75) is 30.3 Å². The Bertz CT molecular complexity index is 1040. The number of hydrogen-bond acceptors (Lipinski definition) is 7. The molecule has 1 atom stereocenters. The number of carbonyl (C=O) groups is 1. The molecule has 146 valence electrons. The monoisotopic (exact) mass is 399 g/mol. The first-order valence-electron chi connectivity index (χ1n) is 9.00. The van der Waals surface area contributed by atoms with Crippen molar-refractivity contribution in [1.82, 2.24) is 9.97 Å². The van der Waals surface area contributed by atoms with Crippen LogP contribution in [-0.4, -0.2) is 36.2 Å². The molecule has 1 aromatic carbocycles. The van der Waals surface area contributed by atoms with Gasteiger partial charge in [0.25, 0.3) is 5.56 Å². The van der Waals surface area contributed by atoms with Crippen molar-refractivity contribution in [1.29, 1.82) is 0 Å². The van der Waals surface area contributed by atoms with Gasteiger partial charge in [-0.15, -0.1) is 0 Å². The molecule has 0 fully saturated rings. The first-order chi connectivity index (χ1) is 13.6. The molecule has 0 spiro atoms. The maximum absolute atomic E-state index is 12.9. The van der Waals surface area contributed by atoms with Crippen LogP contribution in [0, 0.1) is 0 Å². The number of nitrogens with one attached hydrogen (secondary N) is 2. The van der Waals surface area contributed by atoms with Gasteiger partial charge in [-0.1, -0.05) is 17.8 Å². The Morgan fingerprint density at radius 3 is 2.64 bits per heavy atom. The molecule has 7 nitrogen and oxygen atoms in total. The molecule has 2 aliphatic rings. The van der Waals surface area contributed by atoms with Gasteiger partial charge in [-0.2, -0.15) is 0 Å². The zero-order valence-electron chi connectivity index (χ0n) is 15.9. The summed E-state index contributed by atoms with van der Waals surface area (Å²) in [5.74, 6) is 1.23. The molecule has 0 bridgehead atoms. The summed E-state index contributed by atoms with van der Waals surface area (Å²) < 4.78 is 10.8. The number of ketones is 1. The van der Waals surface area contributed by atoms with Crippen molar-refractivity contribution in [3.63, 3.8) is 0 Å². The SMILES string of the molecule is COc1ccc(C2C3=C(CCCC3=O)Nc3nc(SC)[nH]c(=O)c32)cc1OC. The molecule has 1 unspecified atom stereocenters. The third-order valence-electron chi connectivity index (χ3n) is 5.17. The van der Waals surface area contributed by atoms with E-state index in [4.69, 9.17) is 9.47 Å². The lowest BCUT2D eigenvalue weighted by molar-refractivity contribution is -0.116. The number of aromatic amines is 1. The van der Waals surface area contributed by atoms with Crippen LogP contribution in [0.3, 0.4) is 0 Å². The molecule has 2 aromatic rings. The van der Waals surface area contributed by atoms with E-state index in [0.29, 0.717) is 40.0 Å². The van der Waals surface area contributed by atoms with Crippen molar-refractivity contribution in [2.24, 2.45) is 0 Å². The summed E-state index contributed by atoms with van der Waals surface area (Å²) in [6, 6.07) is 5.49. The van der Waals surface area contributed by atoms with Crippen molar-refractivity contribution in [3.8, 4) is 11.5 Å². The number of carbonyl (C=O) groups excluding carboxylic acids is 1. The number of hydrogen-bond donors (Lipinski definition) is 2. The van der Waals surface area contributed by atoms with Crippen molar-refractivity contribution >= 4 is 23.4 Å². The molecule has 1 aliphatic heterocycles. The van der Waals surface area contributed by atoms with E-state index in [1.54, 1.807) is 20.3 Å². The first-order valence-corrected chi connectivity index (χ1v) is 10.2. The molecule has 1 aromatic heterocycles. The number of Topliss-reactive ketones (excluding diaryl/α,β-unsaturated/α-hetero) is 1. The standard InChI is InChI=1S/C20H21N3O4S/c1-26-13-8-7-10(9-14(13)27-2)15-16-11(5-4-6-12(16)24)21-18-17(15)19(25)23-20(22-18)28-3/h7-9,15H,4-6H2,1-3H3,(H2,21,22,23,25). The Morgan fingerprint density at radius 2 is 1.93 bits per heavy atom. The maximum atomic E-state index is 12.9. The number of nitrogens with zero attached hydrogens (tertiary/aromatic N) is 1. The van der Waals surface area contributed by atoms with Gasteiger partial charge in [0.2, 0.25) is 0 Å². The molecular weight excluding hydrogens is 378 g/mol. The zero-order chi connectivity index (χ0) is 19.8. The van der Waals surface area contributed by atoms with Gasteiger partial charge in [-0.25, -0.2) is 4.98 Å². The number of allylic oxidation sites excluding steroid dienone is 2. The maximum Gasteiger partial charge on any atom is 0.257 e. The lowest BCUT2D eigenvalue weighted by Gasteiger charge is -2.33. The van der Waals surface area contributed by atoms with E-state index >= 15 is 0 Å². The minimum Gasteiger partial charge on any atom is -0.493 e. The van der Waals surface area contributed by atoms with Crippen LogP contribution in [0.4, 0.5) is 5.82 Å². The Kier molecular flexibility index (Phi) is 4.89. The molecule has 1 aliphatic carbocycles. The lowest BCUT2D eigenvalue weighted by Crippen LogP contribution is -2.32. The van der Waals surface area contributed by atoms with Crippen molar-refractivity contribution in [2.75, 3.05) is 25.8 Å². The third kappa shape index (κ3) is 2.97. The Hall–Kier alpha value is -2.74. The van der Waals surface area contributed by atoms with Crippen LogP contribution in [0.25, 0.3) is 0 Å². The highest BCUT2D eigenvalue weighted by molar-refractivity contribution is 7.98. The van der Waals surface area contributed by atoms with Gasteiger partial charge in [0.15, 0.2) is 22.4 Å². The fourth-order valence-corrected chi connectivity index (χ4v) is 4.28. The molecule has 28 heavy (non-hydrogen) atoms. The molecule has 0 amide bonds. The second-order valence-corrected chi connectivity index (χ2v) is 7.47. The van der Waals surface area contributed by atoms with Crippen LogP contribution >= 0.6 is 11.8 Å². The summed E-state index contributed by atoms with van der Waals surface area (Å²) in [6.45, 7) is 0. The topological polar surface area (TPSA) is 93.3 Å². The zero-order valence-corrected chi connectivity index (χ0v) is 16.7. The highest BCUT2D eigenvalue weighted by atomic mass is 32.2. The van der Waals surface area contributed by atoms with E-state index in [-0.39, 0.29) is 11.3 Å². The number of thioether (sulfide) groups is 1. The smallest absolute Gasteiger partial charge is 0.257 e. The summed E-state index contributed by atoms with van der Waals surface area (Å²) in [4.78, 5) is 33.2. The normalized spacial score (nSPS) is 18.2. The minimum atomic E-state index is -0.494. The Balaban J connectivity index is 1.97. The fraction of sp³-hybridized carbons (Fsp3) is 0.350. The van der Waals surface area contributed by atoms with Gasteiger partial charge in [0.1, 0.15) is 5.82 Å². The van der Waals surface area contributed by atoms with Gasteiger partial charge in [0, 0.05) is 23.6 Å². The summed E-state index contributed by atoms with van der Waals surface area (Å²) in [6.07, 6.45) is 3.88. The minimum absolute atomic E-state index is 0.0625. The van der Waals surface area contributed by atoms with E-state index in [1.165, 1.54) is 11.8 Å². The molecule has 2 N–H and O–H groups in total. The van der Waals surface area contributed by atoms with Gasteiger partial charge in [-0.05, 0) is 36.8 Å². The van der Waals surface area contributed by atoms with Crippen LogP contribution in [0.1, 0.15) is 36.3 Å². The molecular formula is C20H21N3O4S. The third-order valence-corrected chi connectivity index (χ3v) is 5.75. The number of ether oxygens (including phenoxy) is 2. The van der Waals surface area contributed by atoms with Gasteiger partial charge in [-0.3, -0.25) is 9.59 Å². The molecule has 0 radical (unpaired) electrons. The van der Waals surface area contributed by atoms with Gasteiger partial charge >= 0.3 is 0 Å². The number of rotatable bonds is 4. The average Bonchev–Trinajstić information content (AvgIpc) is 2.71. The Labute approximate surface area is 166 Å². The summed E-state index contributed by atoms with van der Waals surface area (Å²) in [7, 11) is 3.13. The van der Waals surface area contributed by atoms with Gasteiger partial charge < -0.3 is 19.8 Å². The van der Waals surface area contributed by atoms with Crippen LogP contribution in [0.5, 0.6) is 11.5 Å². The second-order valence-electron chi connectivity index (χ2n) is 6.68. The van der Waals surface area contributed by atoms with E-state index in [0.717, 1.165) is 24.1 Å². The number of H-pyrrole nitrogens is 1. The van der Waals surface area contributed by atoms with E-state index < -0.39 is 5.92 Å². The predicted octanol–water partition coefficient (Wildman–Crippen LogP) is 3.07.